The van der Waals surface area contributed by atoms with Gasteiger partial charge in [-0.3, -0.25) is 0 Å². The number of nitrogens with two attached hydrogens (primary N) is 2. The van der Waals surface area contributed by atoms with E-state index in [1.54, 1.807) is 0 Å². The van der Waals surface area contributed by atoms with Crippen LogP contribution in [-0.2, 0) is 10.0 Å². The lowest BCUT2D eigenvalue weighted by atomic mass is 10.1. The molecular formula is C8H9F3N2O2S. The van der Waals surface area contributed by atoms with E-state index in [-0.39, 0.29) is 0 Å². The summed E-state index contributed by atoms with van der Waals surface area (Å²) >= 11 is 0. The molecule has 1 unspecified atom stereocenters. The molecule has 0 bridgehead atoms. The Morgan fingerprint density at radius 1 is 1.19 bits per heavy atom. The number of anilines is 1. The van der Waals surface area contributed by atoms with Gasteiger partial charge in [-0.25, -0.2) is 26.7 Å². The first-order valence-corrected chi connectivity index (χ1v) is 5.63. The van der Waals surface area contributed by atoms with Gasteiger partial charge in [0.15, 0.2) is 6.17 Å². The number of primary sulfonamides is 1. The van der Waals surface area contributed by atoms with Crippen LogP contribution in [0.1, 0.15) is 11.7 Å². The van der Waals surface area contributed by atoms with Gasteiger partial charge in [0.05, 0.1) is 5.69 Å². The molecule has 16 heavy (non-hydrogen) atoms. The summed E-state index contributed by atoms with van der Waals surface area (Å²) in [6, 6.07) is 3.10. The minimum absolute atomic E-state index is 0.562. The molecule has 1 aromatic carbocycles. The quantitative estimate of drug-likeness (QED) is 0.794. The van der Waals surface area contributed by atoms with Crippen LogP contribution in [0.4, 0.5) is 18.9 Å². The number of sulfonamides is 1. The standard InChI is InChI=1S/C8H9F3N2O2S/c9-6(8(10)11)4-2-1-3-5(7(4)12)16(13,14)15/h1-3,6,8H,12H2,(H2,13,14,15). The fourth-order valence-corrected chi connectivity index (χ4v) is 1.88. The van der Waals surface area contributed by atoms with Gasteiger partial charge < -0.3 is 5.73 Å². The molecule has 0 aromatic heterocycles. The lowest BCUT2D eigenvalue weighted by molar-refractivity contribution is 0.0498. The lowest BCUT2D eigenvalue weighted by Crippen LogP contribution is -2.16. The van der Waals surface area contributed by atoms with Crippen molar-refractivity contribution < 1.29 is 21.6 Å². The van der Waals surface area contributed by atoms with Crippen LogP contribution in [-0.4, -0.2) is 14.8 Å². The third kappa shape index (κ3) is 2.45. The second kappa shape index (κ2) is 4.30. The molecule has 0 radical (unpaired) electrons. The zero-order valence-electron chi connectivity index (χ0n) is 7.90. The van der Waals surface area contributed by atoms with E-state index in [1.165, 1.54) is 0 Å². The van der Waals surface area contributed by atoms with Crippen molar-refractivity contribution in [1.82, 2.24) is 0 Å². The van der Waals surface area contributed by atoms with Gasteiger partial charge in [0.25, 0.3) is 6.43 Å². The maximum absolute atomic E-state index is 13.0. The molecule has 8 heteroatoms. The van der Waals surface area contributed by atoms with E-state index in [1.807, 2.05) is 0 Å². The first-order chi connectivity index (χ1) is 7.25. The molecule has 0 aliphatic carbocycles. The predicted molar refractivity (Wildman–Crippen MR) is 52.1 cm³/mol. The van der Waals surface area contributed by atoms with Gasteiger partial charge in [-0.15, -0.1) is 0 Å². The van der Waals surface area contributed by atoms with Crippen LogP contribution in [0.15, 0.2) is 23.1 Å². The monoisotopic (exact) mass is 254 g/mol. The molecule has 0 saturated heterocycles. The van der Waals surface area contributed by atoms with Crippen molar-refractivity contribution in [2.24, 2.45) is 5.14 Å². The van der Waals surface area contributed by atoms with Crippen molar-refractivity contribution in [3.8, 4) is 0 Å². The minimum Gasteiger partial charge on any atom is -0.397 e. The van der Waals surface area contributed by atoms with Crippen LogP contribution < -0.4 is 10.9 Å². The molecule has 1 rings (SSSR count). The van der Waals surface area contributed by atoms with E-state index in [2.05, 4.69) is 0 Å². The highest BCUT2D eigenvalue weighted by molar-refractivity contribution is 7.89. The van der Waals surface area contributed by atoms with Gasteiger partial charge in [0.1, 0.15) is 4.90 Å². The van der Waals surface area contributed by atoms with E-state index in [9.17, 15) is 21.6 Å². The number of benzene rings is 1. The molecule has 4 N–H and O–H groups in total. The molecule has 0 aliphatic rings. The summed E-state index contributed by atoms with van der Waals surface area (Å²) in [4.78, 5) is -0.562. The smallest absolute Gasteiger partial charge is 0.273 e. The molecule has 0 heterocycles. The van der Waals surface area contributed by atoms with Crippen molar-refractivity contribution in [2.75, 3.05) is 5.73 Å². The first-order valence-electron chi connectivity index (χ1n) is 4.08. The summed E-state index contributed by atoms with van der Waals surface area (Å²) in [6.45, 7) is 0. The van der Waals surface area contributed by atoms with Crippen molar-refractivity contribution in [3.63, 3.8) is 0 Å². The van der Waals surface area contributed by atoms with Crippen LogP contribution >= 0.6 is 0 Å². The summed E-state index contributed by atoms with van der Waals surface area (Å²) in [7, 11) is -4.15. The molecule has 1 aromatic rings. The topological polar surface area (TPSA) is 86.2 Å². The molecule has 0 saturated carbocycles. The summed E-state index contributed by atoms with van der Waals surface area (Å²) in [5.41, 5.74) is 4.11. The van der Waals surface area contributed by atoms with Gasteiger partial charge in [-0.05, 0) is 6.07 Å². The summed E-state index contributed by atoms with van der Waals surface area (Å²) in [5, 5.41) is 4.79. The van der Waals surface area contributed by atoms with E-state index in [0.29, 0.717) is 0 Å². The van der Waals surface area contributed by atoms with E-state index >= 15 is 0 Å². The van der Waals surface area contributed by atoms with Gasteiger partial charge in [0.2, 0.25) is 10.0 Å². The fourth-order valence-electron chi connectivity index (χ4n) is 1.19. The maximum Gasteiger partial charge on any atom is 0.273 e. The minimum atomic E-state index is -4.15. The first kappa shape index (κ1) is 12.8. The summed E-state index contributed by atoms with van der Waals surface area (Å²) in [6.07, 6.45) is -5.92. The van der Waals surface area contributed by atoms with Gasteiger partial charge in [-0.2, -0.15) is 0 Å². The Hall–Kier alpha value is -1.28. The van der Waals surface area contributed by atoms with Crippen molar-refractivity contribution in [3.05, 3.63) is 23.8 Å². The van der Waals surface area contributed by atoms with Crippen LogP contribution in [0, 0.1) is 0 Å². The highest BCUT2D eigenvalue weighted by Gasteiger charge is 2.26. The van der Waals surface area contributed by atoms with E-state index in [0.717, 1.165) is 18.2 Å². The highest BCUT2D eigenvalue weighted by Crippen LogP contribution is 2.32. The number of rotatable bonds is 3. The van der Waals surface area contributed by atoms with Gasteiger partial charge >= 0.3 is 0 Å². The molecule has 0 fully saturated rings. The predicted octanol–water partition coefficient (Wildman–Crippen LogP) is 1.19. The average molecular weight is 254 g/mol. The molecule has 0 aliphatic heterocycles. The second-order valence-electron chi connectivity index (χ2n) is 3.04. The van der Waals surface area contributed by atoms with E-state index in [4.69, 9.17) is 10.9 Å². The SMILES string of the molecule is Nc1c(C(F)C(F)F)cccc1S(N)(=O)=O. The summed E-state index contributed by atoms with van der Waals surface area (Å²) in [5.74, 6) is 0. The number of hydrogen-bond acceptors (Lipinski definition) is 3. The summed E-state index contributed by atoms with van der Waals surface area (Å²) < 4.78 is 59.2. The van der Waals surface area contributed by atoms with Crippen LogP contribution in [0.3, 0.4) is 0 Å². The van der Waals surface area contributed by atoms with Crippen LogP contribution in [0.2, 0.25) is 0 Å². The number of nitrogen functional groups attached to an aromatic ring is 1. The normalized spacial score (nSPS) is 14.1. The number of hydrogen-bond donors (Lipinski definition) is 2. The molecule has 4 nitrogen and oxygen atoms in total. The Morgan fingerprint density at radius 3 is 2.19 bits per heavy atom. The molecule has 0 spiro atoms. The van der Waals surface area contributed by atoms with Crippen LogP contribution in [0.25, 0.3) is 0 Å². The Kier molecular flexibility index (Phi) is 3.44. The maximum atomic E-state index is 13.0. The van der Waals surface area contributed by atoms with Crippen LogP contribution in [0.5, 0.6) is 0 Å². The zero-order valence-corrected chi connectivity index (χ0v) is 8.72. The second-order valence-corrected chi connectivity index (χ2v) is 4.57. The number of alkyl halides is 3. The van der Waals surface area contributed by atoms with Crippen molar-refractivity contribution in [1.29, 1.82) is 0 Å². The molecule has 90 valence electrons. The van der Waals surface area contributed by atoms with E-state index < -0.39 is 38.8 Å². The number of para-hydroxylation sites is 1. The Bertz CT molecular complexity index is 490. The lowest BCUT2D eigenvalue weighted by Gasteiger charge is -2.12. The Morgan fingerprint density at radius 2 is 1.75 bits per heavy atom. The Balaban J connectivity index is 3.36. The van der Waals surface area contributed by atoms with Crippen molar-refractivity contribution >= 4 is 15.7 Å². The third-order valence-electron chi connectivity index (χ3n) is 1.92. The Labute approximate surface area is 90.1 Å². The van der Waals surface area contributed by atoms with Crippen molar-refractivity contribution in [2.45, 2.75) is 17.5 Å². The largest absolute Gasteiger partial charge is 0.397 e. The molecular weight excluding hydrogens is 245 g/mol. The van der Waals surface area contributed by atoms with Gasteiger partial charge in [0, 0.05) is 5.56 Å². The zero-order chi connectivity index (χ0) is 12.5. The highest BCUT2D eigenvalue weighted by atomic mass is 32.2. The molecule has 0 amide bonds. The fraction of sp³-hybridized carbons (Fsp3) is 0.250. The average Bonchev–Trinajstić information content (AvgIpc) is 2.15. The van der Waals surface area contributed by atoms with Gasteiger partial charge in [-0.1, -0.05) is 12.1 Å². The third-order valence-corrected chi connectivity index (χ3v) is 2.89. The number of halogens is 3. The molecule has 1 atom stereocenters.